The average molecular weight is 869 g/mol. The number of hydrogen-bond donors (Lipinski definition) is 0. The quantitative estimate of drug-likeness (QED) is 0.0199. The first kappa shape index (κ1) is 59.4. The SMILES string of the molecule is CCCCCCCC/C=C\C/C=C\CCC(=O)OCC(COC(=O)CCCCC/C=C\C=C/CCCCCCCCC)OC(=O)CCCCCCCCCCCCCCCCC. The fourth-order valence-electron chi connectivity index (χ4n) is 7.55. The van der Waals surface area contributed by atoms with Crippen LogP contribution >= 0.6 is 0 Å². The van der Waals surface area contributed by atoms with E-state index in [0.29, 0.717) is 19.3 Å². The molecule has 6 nitrogen and oxygen atoms in total. The molecule has 0 saturated carbocycles. The smallest absolute Gasteiger partial charge is 0.306 e. The second kappa shape index (κ2) is 51.0. The van der Waals surface area contributed by atoms with Crippen LogP contribution in [0.5, 0.6) is 0 Å². The third-order valence-corrected chi connectivity index (χ3v) is 11.6. The molecule has 0 aromatic heterocycles. The maximum atomic E-state index is 12.8. The summed E-state index contributed by atoms with van der Waals surface area (Å²) in [6.07, 6.45) is 61.1. The fraction of sp³-hybridized carbons (Fsp3) is 0.804. The average Bonchev–Trinajstić information content (AvgIpc) is 3.27. The molecule has 0 saturated heterocycles. The summed E-state index contributed by atoms with van der Waals surface area (Å²) in [6.45, 7) is 6.57. The van der Waals surface area contributed by atoms with Gasteiger partial charge < -0.3 is 14.2 Å². The molecule has 0 aliphatic rings. The Bertz CT molecular complexity index is 1090. The second-order valence-corrected chi connectivity index (χ2v) is 17.8. The predicted molar refractivity (Wildman–Crippen MR) is 265 cm³/mol. The van der Waals surface area contributed by atoms with E-state index in [1.165, 1.54) is 161 Å². The van der Waals surface area contributed by atoms with Gasteiger partial charge in [0.05, 0.1) is 0 Å². The van der Waals surface area contributed by atoms with E-state index in [-0.39, 0.29) is 37.5 Å². The van der Waals surface area contributed by atoms with Crippen LogP contribution < -0.4 is 0 Å². The molecule has 0 N–H and O–H groups in total. The third kappa shape index (κ3) is 48.4. The molecule has 1 atom stereocenters. The van der Waals surface area contributed by atoms with Crippen molar-refractivity contribution in [3.05, 3.63) is 48.6 Å². The molecule has 0 bridgehead atoms. The summed E-state index contributed by atoms with van der Waals surface area (Å²) >= 11 is 0. The number of carbonyl (C=O) groups is 3. The molecule has 1 unspecified atom stereocenters. The lowest BCUT2D eigenvalue weighted by Crippen LogP contribution is -2.30. The standard InChI is InChI=1S/C56H100O6/c1-4-7-10-13-16-19-22-25-27-29-31-34-37-40-43-46-49-55(58)61-52-53(51-60-54(57)48-45-42-39-36-33-30-24-21-18-15-12-9-6-3)62-56(59)50-47-44-41-38-35-32-28-26-23-20-17-14-11-8-5-2/h27,29-31,33-34,39,42,53H,4-26,28,32,35-38,40-41,43-52H2,1-3H3/b29-27-,33-30-,34-31-,42-39-. The van der Waals surface area contributed by atoms with Crippen molar-refractivity contribution >= 4 is 17.9 Å². The van der Waals surface area contributed by atoms with E-state index in [1.54, 1.807) is 0 Å². The number of unbranched alkanes of at least 4 members (excludes halogenated alkanes) is 30. The predicted octanol–water partition coefficient (Wildman–Crippen LogP) is 17.5. The van der Waals surface area contributed by atoms with Gasteiger partial charge in [0.15, 0.2) is 6.10 Å². The Balaban J connectivity index is 4.45. The summed E-state index contributed by atoms with van der Waals surface area (Å²) in [5.74, 6) is -0.986. The van der Waals surface area contributed by atoms with Crippen molar-refractivity contribution in [3.63, 3.8) is 0 Å². The summed E-state index contributed by atoms with van der Waals surface area (Å²) in [7, 11) is 0. The molecule has 360 valence electrons. The Labute approximate surface area is 384 Å². The third-order valence-electron chi connectivity index (χ3n) is 11.6. The van der Waals surface area contributed by atoms with Crippen LogP contribution in [0.2, 0.25) is 0 Å². The van der Waals surface area contributed by atoms with Gasteiger partial charge in [-0.05, 0) is 64.2 Å². The van der Waals surface area contributed by atoms with Crippen molar-refractivity contribution in [2.75, 3.05) is 13.2 Å². The highest BCUT2D eigenvalue weighted by atomic mass is 16.6. The molecule has 0 aliphatic heterocycles. The van der Waals surface area contributed by atoms with E-state index in [1.807, 2.05) is 6.08 Å². The number of esters is 3. The molecule has 62 heavy (non-hydrogen) atoms. The van der Waals surface area contributed by atoms with Gasteiger partial charge in [0.1, 0.15) is 13.2 Å². The normalized spacial score (nSPS) is 12.4. The van der Waals surface area contributed by atoms with E-state index in [0.717, 1.165) is 64.2 Å². The number of ether oxygens (including phenoxy) is 3. The summed E-state index contributed by atoms with van der Waals surface area (Å²) < 4.78 is 16.7. The molecular weight excluding hydrogens is 769 g/mol. The van der Waals surface area contributed by atoms with Crippen molar-refractivity contribution in [2.24, 2.45) is 0 Å². The monoisotopic (exact) mass is 869 g/mol. The van der Waals surface area contributed by atoms with Crippen molar-refractivity contribution in [1.82, 2.24) is 0 Å². The Morgan fingerprint density at radius 3 is 1.10 bits per heavy atom. The lowest BCUT2D eigenvalue weighted by atomic mass is 10.0. The Kier molecular flexibility index (Phi) is 48.8. The second-order valence-electron chi connectivity index (χ2n) is 17.8. The minimum atomic E-state index is -0.803. The summed E-state index contributed by atoms with van der Waals surface area (Å²) in [4.78, 5) is 37.9. The number of carbonyl (C=O) groups excluding carboxylic acids is 3. The van der Waals surface area contributed by atoms with Crippen LogP contribution in [0.15, 0.2) is 48.6 Å². The minimum absolute atomic E-state index is 0.102. The van der Waals surface area contributed by atoms with Crippen LogP contribution in [0, 0.1) is 0 Å². The molecule has 0 radical (unpaired) electrons. The van der Waals surface area contributed by atoms with E-state index >= 15 is 0 Å². The van der Waals surface area contributed by atoms with Gasteiger partial charge >= 0.3 is 17.9 Å². The van der Waals surface area contributed by atoms with Crippen LogP contribution in [0.4, 0.5) is 0 Å². The summed E-state index contributed by atoms with van der Waals surface area (Å²) in [5.41, 5.74) is 0. The van der Waals surface area contributed by atoms with Crippen molar-refractivity contribution in [3.8, 4) is 0 Å². The Morgan fingerprint density at radius 1 is 0.339 bits per heavy atom. The molecule has 0 spiro atoms. The molecule has 6 heteroatoms. The molecule has 0 heterocycles. The molecule has 0 aromatic carbocycles. The van der Waals surface area contributed by atoms with Crippen LogP contribution in [0.3, 0.4) is 0 Å². The first-order valence-electron chi connectivity index (χ1n) is 26.7. The highest BCUT2D eigenvalue weighted by Crippen LogP contribution is 2.15. The van der Waals surface area contributed by atoms with E-state index in [4.69, 9.17) is 14.2 Å². The van der Waals surface area contributed by atoms with Gasteiger partial charge in [-0.2, -0.15) is 0 Å². The summed E-state index contributed by atoms with van der Waals surface area (Å²) in [6, 6.07) is 0. The largest absolute Gasteiger partial charge is 0.462 e. The molecule has 0 aromatic rings. The van der Waals surface area contributed by atoms with Crippen molar-refractivity contribution in [2.45, 2.75) is 277 Å². The maximum absolute atomic E-state index is 12.8. The zero-order valence-corrected chi connectivity index (χ0v) is 41.1. The molecule has 0 aliphatic carbocycles. The van der Waals surface area contributed by atoms with Gasteiger partial charge in [0.2, 0.25) is 0 Å². The minimum Gasteiger partial charge on any atom is -0.462 e. The fourth-order valence-corrected chi connectivity index (χ4v) is 7.55. The highest BCUT2D eigenvalue weighted by molar-refractivity contribution is 5.71. The van der Waals surface area contributed by atoms with Gasteiger partial charge in [0, 0.05) is 19.3 Å². The molecule has 0 rings (SSSR count). The maximum Gasteiger partial charge on any atom is 0.306 e. The number of hydrogen-bond acceptors (Lipinski definition) is 6. The first-order chi connectivity index (χ1) is 30.5. The van der Waals surface area contributed by atoms with Crippen molar-refractivity contribution in [1.29, 1.82) is 0 Å². The van der Waals surface area contributed by atoms with Gasteiger partial charge in [-0.15, -0.1) is 0 Å². The highest BCUT2D eigenvalue weighted by Gasteiger charge is 2.19. The molecule has 0 amide bonds. The Morgan fingerprint density at radius 2 is 0.661 bits per heavy atom. The van der Waals surface area contributed by atoms with Crippen LogP contribution in [-0.2, 0) is 28.6 Å². The van der Waals surface area contributed by atoms with Gasteiger partial charge in [-0.1, -0.05) is 236 Å². The van der Waals surface area contributed by atoms with Crippen LogP contribution in [0.1, 0.15) is 271 Å². The van der Waals surface area contributed by atoms with Crippen molar-refractivity contribution < 1.29 is 28.6 Å². The van der Waals surface area contributed by atoms with Crippen LogP contribution in [-0.4, -0.2) is 37.2 Å². The molecule has 0 fully saturated rings. The lowest BCUT2D eigenvalue weighted by molar-refractivity contribution is -0.166. The van der Waals surface area contributed by atoms with Crippen LogP contribution in [0.25, 0.3) is 0 Å². The van der Waals surface area contributed by atoms with E-state index < -0.39 is 6.10 Å². The van der Waals surface area contributed by atoms with Gasteiger partial charge in [-0.25, -0.2) is 0 Å². The summed E-state index contributed by atoms with van der Waals surface area (Å²) in [5, 5.41) is 0. The topological polar surface area (TPSA) is 78.9 Å². The zero-order chi connectivity index (χ0) is 45.1. The number of rotatable bonds is 48. The van der Waals surface area contributed by atoms with Gasteiger partial charge in [0.25, 0.3) is 0 Å². The lowest BCUT2D eigenvalue weighted by Gasteiger charge is -2.18. The van der Waals surface area contributed by atoms with E-state index in [9.17, 15) is 14.4 Å². The number of allylic oxidation sites excluding steroid dienone is 8. The first-order valence-corrected chi connectivity index (χ1v) is 26.7. The Hall–Kier alpha value is -2.63. The molecular formula is C56H100O6. The van der Waals surface area contributed by atoms with E-state index in [2.05, 4.69) is 63.3 Å². The zero-order valence-electron chi connectivity index (χ0n) is 41.1. The van der Waals surface area contributed by atoms with Gasteiger partial charge in [-0.3, -0.25) is 14.4 Å².